The van der Waals surface area contributed by atoms with Crippen LogP contribution in [0.25, 0.3) is 16.9 Å². The van der Waals surface area contributed by atoms with Crippen LogP contribution >= 0.6 is 11.6 Å². The van der Waals surface area contributed by atoms with Crippen molar-refractivity contribution in [3.05, 3.63) is 88.0 Å². The van der Waals surface area contributed by atoms with E-state index in [0.29, 0.717) is 16.7 Å². The van der Waals surface area contributed by atoms with Crippen LogP contribution in [0.5, 0.6) is 0 Å². The Hall–Kier alpha value is -3.91. The Balaban J connectivity index is 1.78. The van der Waals surface area contributed by atoms with Gasteiger partial charge in [-0.2, -0.15) is 0 Å². The molecule has 0 unspecified atom stereocenters. The highest BCUT2D eigenvalue weighted by atomic mass is 35.5. The number of urea groups is 1. The van der Waals surface area contributed by atoms with Crippen LogP contribution in [0.2, 0.25) is 5.02 Å². The molecule has 1 fully saturated rings. The standard InChI is InChI=1S/C22H14ClFN2O5/c23-16-6-3-12(21(28)29)10-14(16)17-7-8-18(31-17)15(19-20(27)26-22(30)25-19)9-11-1-4-13(24)5-2-11/h1-8,10H,9H2,(H,28,29)(H2,25,26,27,30). The number of nitrogens with one attached hydrogen (secondary N) is 2. The number of allylic oxidation sites excluding steroid dienone is 1. The van der Waals surface area contributed by atoms with Gasteiger partial charge >= 0.3 is 12.0 Å². The van der Waals surface area contributed by atoms with Gasteiger partial charge < -0.3 is 14.8 Å². The third-order valence-electron chi connectivity index (χ3n) is 4.67. The van der Waals surface area contributed by atoms with E-state index in [-0.39, 0.29) is 34.2 Å². The minimum Gasteiger partial charge on any atom is -0.478 e. The molecule has 0 spiro atoms. The van der Waals surface area contributed by atoms with E-state index in [4.69, 9.17) is 16.0 Å². The third kappa shape index (κ3) is 4.19. The first-order chi connectivity index (χ1) is 14.8. The van der Waals surface area contributed by atoms with Crippen molar-refractivity contribution in [1.29, 1.82) is 0 Å². The van der Waals surface area contributed by atoms with Gasteiger partial charge in [0.05, 0.1) is 10.6 Å². The number of rotatable bonds is 5. The number of carbonyl (C=O) groups is 3. The smallest absolute Gasteiger partial charge is 0.335 e. The lowest BCUT2D eigenvalue weighted by atomic mass is 10.0. The molecule has 0 bridgehead atoms. The number of imide groups is 1. The van der Waals surface area contributed by atoms with Crippen molar-refractivity contribution >= 4 is 35.1 Å². The van der Waals surface area contributed by atoms with E-state index in [9.17, 15) is 23.9 Å². The zero-order valence-electron chi connectivity index (χ0n) is 15.7. The van der Waals surface area contributed by atoms with E-state index in [0.717, 1.165) is 0 Å². The van der Waals surface area contributed by atoms with E-state index < -0.39 is 23.7 Å². The molecule has 2 heterocycles. The quantitative estimate of drug-likeness (QED) is 0.406. The average molecular weight is 441 g/mol. The molecule has 31 heavy (non-hydrogen) atoms. The predicted molar refractivity (Wildman–Crippen MR) is 110 cm³/mol. The molecule has 9 heteroatoms. The van der Waals surface area contributed by atoms with Crippen molar-refractivity contribution in [2.75, 3.05) is 0 Å². The second-order valence-electron chi connectivity index (χ2n) is 6.73. The molecule has 1 aliphatic rings. The summed E-state index contributed by atoms with van der Waals surface area (Å²) < 4.78 is 19.2. The highest BCUT2D eigenvalue weighted by Crippen LogP contribution is 2.34. The largest absolute Gasteiger partial charge is 0.478 e. The summed E-state index contributed by atoms with van der Waals surface area (Å²) >= 11 is 6.22. The molecule has 7 nitrogen and oxygen atoms in total. The Labute approximate surface area is 180 Å². The molecule has 1 aromatic heterocycles. The lowest BCUT2D eigenvalue weighted by Crippen LogP contribution is -2.22. The van der Waals surface area contributed by atoms with Crippen LogP contribution in [-0.4, -0.2) is 23.0 Å². The van der Waals surface area contributed by atoms with Crippen LogP contribution < -0.4 is 10.6 Å². The number of halogens is 2. The van der Waals surface area contributed by atoms with Gasteiger partial charge in [0, 0.05) is 17.6 Å². The number of carboxylic acids is 1. The molecule has 3 N–H and O–H groups in total. The zero-order valence-corrected chi connectivity index (χ0v) is 16.5. The van der Waals surface area contributed by atoms with Crippen molar-refractivity contribution in [1.82, 2.24) is 10.6 Å². The van der Waals surface area contributed by atoms with Crippen LogP contribution in [-0.2, 0) is 11.2 Å². The van der Waals surface area contributed by atoms with E-state index in [1.807, 2.05) is 0 Å². The second kappa shape index (κ2) is 8.08. The third-order valence-corrected chi connectivity index (χ3v) is 5.00. The van der Waals surface area contributed by atoms with Crippen molar-refractivity contribution in [3.63, 3.8) is 0 Å². The molecule has 4 rings (SSSR count). The van der Waals surface area contributed by atoms with Gasteiger partial charge in [0.2, 0.25) is 0 Å². The van der Waals surface area contributed by atoms with E-state index in [1.165, 1.54) is 30.3 Å². The monoisotopic (exact) mass is 440 g/mol. The van der Waals surface area contributed by atoms with Crippen molar-refractivity contribution in [2.45, 2.75) is 6.42 Å². The molecule has 0 atom stereocenters. The van der Waals surface area contributed by atoms with Gasteiger partial charge in [-0.1, -0.05) is 23.7 Å². The predicted octanol–water partition coefficient (Wildman–Crippen LogP) is 4.23. The van der Waals surface area contributed by atoms with Gasteiger partial charge in [0.15, 0.2) is 0 Å². The number of carbonyl (C=O) groups excluding carboxylic acids is 2. The number of furan rings is 1. The molecule has 1 saturated heterocycles. The number of amides is 3. The zero-order chi connectivity index (χ0) is 22.1. The highest BCUT2D eigenvalue weighted by molar-refractivity contribution is 6.33. The fourth-order valence-electron chi connectivity index (χ4n) is 3.18. The summed E-state index contributed by atoms with van der Waals surface area (Å²) in [6, 6.07) is 12.4. The molecular weight excluding hydrogens is 427 g/mol. The van der Waals surface area contributed by atoms with Crippen molar-refractivity contribution < 1.29 is 28.3 Å². The molecule has 0 saturated carbocycles. The average Bonchev–Trinajstić information content (AvgIpc) is 3.34. The molecule has 1 aliphatic heterocycles. The van der Waals surface area contributed by atoms with Crippen LogP contribution in [0.4, 0.5) is 9.18 Å². The lowest BCUT2D eigenvalue weighted by Gasteiger charge is -2.09. The van der Waals surface area contributed by atoms with E-state index in [1.54, 1.807) is 24.3 Å². The maximum atomic E-state index is 13.3. The second-order valence-corrected chi connectivity index (χ2v) is 7.14. The number of hydrogen-bond acceptors (Lipinski definition) is 4. The molecular formula is C22H14ClFN2O5. The van der Waals surface area contributed by atoms with Gasteiger partial charge in [0.25, 0.3) is 5.91 Å². The fourth-order valence-corrected chi connectivity index (χ4v) is 3.39. The molecule has 0 aliphatic carbocycles. The number of benzene rings is 2. The van der Waals surface area contributed by atoms with Gasteiger partial charge in [0.1, 0.15) is 23.0 Å². The summed E-state index contributed by atoms with van der Waals surface area (Å²) in [4.78, 5) is 35.2. The highest BCUT2D eigenvalue weighted by Gasteiger charge is 2.29. The summed E-state index contributed by atoms with van der Waals surface area (Å²) in [6.45, 7) is 0. The first-order valence-electron chi connectivity index (χ1n) is 9.05. The Morgan fingerprint density at radius 2 is 1.77 bits per heavy atom. The summed E-state index contributed by atoms with van der Waals surface area (Å²) in [7, 11) is 0. The van der Waals surface area contributed by atoms with Crippen LogP contribution in [0.3, 0.4) is 0 Å². The fraction of sp³-hybridized carbons (Fsp3) is 0.0455. The number of carboxylic acid groups (broad SMARTS) is 1. The van der Waals surface area contributed by atoms with Crippen LogP contribution in [0.1, 0.15) is 21.7 Å². The Bertz CT molecular complexity index is 1250. The SMILES string of the molecule is O=C1NC(=O)C(=C(Cc2ccc(F)cc2)c2ccc(-c3cc(C(=O)O)ccc3Cl)o2)N1. The first-order valence-corrected chi connectivity index (χ1v) is 9.43. The minimum atomic E-state index is -1.12. The number of hydrogen-bond donors (Lipinski definition) is 3. The van der Waals surface area contributed by atoms with E-state index >= 15 is 0 Å². The number of aromatic carboxylic acids is 1. The van der Waals surface area contributed by atoms with Crippen LogP contribution in [0.15, 0.2) is 64.7 Å². The first kappa shape index (κ1) is 20.4. The Kier molecular flexibility index (Phi) is 5.31. The van der Waals surface area contributed by atoms with Crippen molar-refractivity contribution in [3.8, 4) is 11.3 Å². The molecule has 0 radical (unpaired) electrons. The summed E-state index contributed by atoms with van der Waals surface area (Å²) in [5.74, 6) is -1.59. The molecule has 156 valence electrons. The van der Waals surface area contributed by atoms with E-state index in [2.05, 4.69) is 10.6 Å². The lowest BCUT2D eigenvalue weighted by molar-refractivity contribution is -0.115. The summed E-state index contributed by atoms with van der Waals surface area (Å²) in [5, 5.41) is 14.1. The van der Waals surface area contributed by atoms with Crippen LogP contribution in [0, 0.1) is 5.82 Å². The normalized spacial score (nSPS) is 14.9. The molecule has 2 aromatic carbocycles. The van der Waals surface area contributed by atoms with Crippen molar-refractivity contribution in [2.24, 2.45) is 0 Å². The summed E-state index contributed by atoms with van der Waals surface area (Å²) in [6.07, 6.45) is 0.166. The van der Waals surface area contributed by atoms with Gasteiger partial charge in [-0.25, -0.2) is 14.0 Å². The Morgan fingerprint density at radius 1 is 1.03 bits per heavy atom. The van der Waals surface area contributed by atoms with Gasteiger partial charge in [-0.05, 0) is 48.0 Å². The van der Waals surface area contributed by atoms with Gasteiger partial charge in [-0.3, -0.25) is 10.1 Å². The Morgan fingerprint density at radius 3 is 2.42 bits per heavy atom. The minimum absolute atomic E-state index is 0.0145. The molecule has 3 aromatic rings. The maximum Gasteiger partial charge on any atom is 0.335 e. The maximum absolute atomic E-state index is 13.3. The van der Waals surface area contributed by atoms with Gasteiger partial charge in [-0.15, -0.1) is 0 Å². The topological polar surface area (TPSA) is 109 Å². The summed E-state index contributed by atoms with van der Waals surface area (Å²) in [5.41, 5.74) is 1.46. The molecule has 3 amide bonds.